The molecule has 13 nitrogen and oxygen atoms in total. The zero-order valence-corrected chi connectivity index (χ0v) is 35.7. The summed E-state index contributed by atoms with van der Waals surface area (Å²) >= 11 is 11.3. The molecule has 57 heavy (non-hydrogen) atoms. The molecule has 8 N–H and O–H groups in total. The largest absolute Gasteiger partial charge is 0.482 e. The lowest BCUT2D eigenvalue weighted by Gasteiger charge is -2.32. The fraction of sp³-hybridized carbons (Fsp3) is 0.476. The number of aliphatic imine (C=N–C) groups is 1. The Morgan fingerprint density at radius 1 is 0.965 bits per heavy atom. The van der Waals surface area contributed by atoms with E-state index in [4.69, 9.17) is 27.8 Å². The molecule has 3 aromatic rings. The minimum atomic E-state index is -0.966. The van der Waals surface area contributed by atoms with Crippen LogP contribution in [0.4, 0.5) is 0 Å². The van der Waals surface area contributed by atoms with Crippen LogP contribution >= 0.6 is 24.2 Å². The van der Waals surface area contributed by atoms with Crippen LogP contribution in [0.3, 0.4) is 0 Å². The second kappa shape index (κ2) is 25.1. The number of hydrogen-bond donors (Lipinski definition) is 7. The Balaban J connectivity index is 1.97. The molecule has 0 aliphatic rings. The Morgan fingerprint density at radius 3 is 2.35 bits per heavy atom. The average molecular weight is 825 g/mol. The summed E-state index contributed by atoms with van der Waals surface area (Å²) in [7, 11) is 4.98. The third-order valence-corrected chi connectivity index (χ3v) is 10.5. The van der Waals surface area contributed by atoms with Gasteiger partial charge in [-0.15, -0.1) is 12.6 Å². The summed E-state index contributed by atoms with van der Waals surface area (Å²) < 4.78 is 5.63. The van der Waals surface area contributed by atoms with E-state index in [1.807, 2.05) is 74.7 Å². The number of carbonyl (C=O) groups is 3. The first-order valence-corrected chi connectivity index (χ1v) is 20.5. The van der Waals surface area contributed by atoms with Crippen molar-refractivity contribution in [3.05, 3.63) is 88.5 Å². The molecule has 0 spiro atoms. The zero-order chi connectivity index (χ0) is 41.7. The van der Waals surface area contributed by atoms with E-state index in [0.29, 0.717) is 81.3 Å². The van der Waals surface area contributed by atoms with Crippen molar-refractivity contribution in [2.45, 2.75) is 88.4 Å². The molecule has 3 amide bonds. The maximum atomic E-state index is 14.6. The van der Waals surface area contributed by atoms with Crippen LogP contribution in [0, 0.1) is 0 Å². The van der Waals surface area contributed by atoms with E-state index in [1.165, 1.54) is 4.90 Å². The summed E-state index contributed by atoms with van der Waals surface area (Å²) in [6.07, 6.45) is 8.90. The molecule has 15 heteroatoms. The minimum absolute atomic E-state index is 0.0152. The van der Waals surface area contributed by atoms with Gasteiger partial charge in [0, 0.05) is 61.8 Å². The van der Waals surface area contributed by atoms with Gasteiger partial charge in [-0.1, -0.05) is 54.9 Å². The van der Waals surface area contributed by atoms with E-state index in [-0.39, 0.29) is 18.9 Å². The molecule has 3 rings (SSSR count). The van der Waals surface area contributed by atoms with E-state index in [1.54, 1.807) is 32.3 Å². The van der Waals surface area contributed by atoms with Gasteiger partial charge in [-0.25, -0.2) is 0 Å². The first kappa shape index (κ1) is 47.0. The Kier molecular flexibility index (Phi) is 20.7. The summed E-state index contributed by atoms with van der Waals surface area (Å²) in [4.78, 5) is 54.6. The number of aromatic amines is 1. The number of likely N-dealkylation sites (N-methyl/N-ethyl adjacent to an activating group) is 2. The number of nitrogens with one attached hydrogen (secondary N) is 4. The number of H-pyrrole nitrogens is 1. The molecule has 0 aliphatic heterocycles. The second-order valence-electron chi connectivity index (χ2n) is 13.7. The van der Waals surface area contributed by atoms with Crippen LogP contribution in [0.2, 0.25) is 0 Å². The molecule has 3 atom stereocenters. The SMILES string of the molecule is CC/C=C(/OC)N(C)/C(CNC(=O)[C@H](Cc1c[nH]c2ccccc12)N(C)C(=O)[C@H](CCCCN)NC(=O)[C@H](CCCN)NCc1ccccc1S)=C(Cl)\C=N/CC. The topological polar surface area (TPSA) is 183 Å². The van der Waals surface area contributed by atoms with Crippen LogP contribution in [0.5, 0.6) is 0 Å². The van der Waals surface area contributed by atoms with Gasteiger partial charge in [0.15, 0.2) is 5.88 Å². The van der Waals surface area contributed by atoms with Crippen molar-refractivity contribution in [2.75, 3.05) is 47.4 Å². The summed E-state index contributed by atoms with van der Waals surface area (Å²) in [5, 5.41) is 10.7. The molecular weight excluding hydrogens is 762 g/mol. The monoisotopic (exact) mass is 823 g/mol. The minimum Gasteiger partial charge on any atom is -0.482 e. The van der Waals surface area contributed by atoms with Gasteiger partial charge in [-0.2, -0.15) is 0 Å². The molecule has 0 unspecified atom stereocenters. The van der Waals surface area contributed by atoms with E-state index < -0.39 is 29.9 Å². The van der Waals surface area contributed by atoms with E-state index in [2.05, 4.69) is 38.6 Å². The number of benzene rings is 2. The van der Waals surface area contributed by atoms with Crippen molar-refractivity contribution >= 4 is 59.1 Å². The number of unbranched alkanes of at least 4 members (excludes halogenated alkanes) is 1. The van der Waals surface area contributed by atoms with Crippen LogP contribution in [0.15, 0.2) is 87.3 Å². The van der Waals surface area contributed by atoms with E-state index in [0.717, 1.165) is 26.9 Å². The van der Waals surface area contributed by atoms with Gasteiger partial charge < -0.3 is 46.9 Å². The van der Waals surface area contributed by atoms with Crippen molar-refractivity contribution in [1.82, 2.24) is 30.7 Å². The number of nitrogens with zero attached hydrogens (tertiary/aromatic N) is 3. The van der Waals surface area contributed by atoms with Crippen molar-refractivity contribution in [3.8, 4) is 0 Å². The van der Waals surface area contributed by atoms with Crippen molar-refractivity contribution < 1.29 is 19.1 Å². The molecule has 0 saturated heterocycles. The highest BCUT2D eigenvalue weighted by molar-refractivity contribution is 7.80. The van der Waals surface area contributed by atoms with Crippen molar-refractivity contribution in [2.24, 2.45) is 16.5 Å². The predicted octanol–water partition coefficient (Wildman–Crippen LogP) is 4.82. The third kappa shape index (κ3) is 14.2. The Morgan fingerprint density at radius 2 is 1.67 bits per heavy atom. The number of hydrogen-bond acceptors (Lipinski definition) is 10. The zero-order valence-electron chi connectivity index (χ0n) is 34.0. The fourth-order valence-electron chi connectivity index (χ4n) is 6.44. The molecule has 312 valence electrons. The number of ether oxygens (including phenoxy) is 1. The number of rotatable bonds is 25. The molecule has 1 aromatic heterocycles. The number of amides is 3. The Hall–Kier alpha value is -4.34. The second-order valence-corrected chi connectivity index (χ2v) is 14.6. The van der Waals surface area contributed by atoms with Gasteiger partial charge in [0.1, 0.15) is 12.1 Å². The highest BCUT2D eigenvalue weighted by Crippen LogP contribution is 2.22. The molecule has 0 radical (unpaired) electrons. The van der Waals surface area contributed by atoms with Crippen LogP contribution in [-0.4, -0.2) is 104 Å². The number of fused-ring (bicyclic) bond motifs is 1. The predicted molar refractivity (Wildman–Crippen MR) is 234 cm³/mol. The first-order chi connectivity index (χ1) is 27.5. The van der Waals surface area contributed by atoms with Gasteiger partial charge in [-0.3, -0.25) is 19.4 Å². The normalized spacial score (nSPS) is 13.9. The molecular formula is C42H62ClN9O4S. The molecule has 0 fully saturated rings. The highest BCUT2D eigenvalue weighted by Gasteiger charge is 2.34. The summed E-state index contributed by atoms with van der Waals surface area (Å²) in [5.74, 6) is -0.574. The molecule has 0 saturated carbocycles. The van der Waals surface area contributed by atoms with E-state index >= 15 is 0 Å². The summed E-state index contributed by atoms with van der Waals surface area (Å²) in [6.45, 7) is 5.68. The van der Waals surface area contributed by atoms with Gasteiger partial charge in [0.25, 0.3) is 0 Å². The standard InChI is InChI=1S/C42H62ClN9O4S/c1-6-15-39(56-5)51(3)37(32(43)27-46-7-2)28-49-41(54)36(24-30-26-47-33-18-10-9-17-31(30)33)52(4)42(55)35(19-12-13-22-44)50-40(53)34(20-14-23-45)48-25-29-16-8-11-21-38(29)57/h8-11,15-18,21,26-27,34-36,47-48,57H,6-7,12-14,19-20,22-25,28,44-45H2,1-5H3,(H,49,54)(H,50,53)/b37-32+,39-15+,46-27-/t34-,35-,36-/m0/s1. The number of methoxy groups -OCH3 is 1. The van der Waals surface area contributed by atoms with Crippen molar-refractivity contribution in [1.29, 1.82) is 0 Å². The maximum Gasteiger partial charge on any atom is 0.245 e. The summed E-state index contributed by atoms with van der Waals surface area (Å²) in [5.41, 5.74) is 14.9. The fourth-order valence-corrected chi connectivity index (χ4v) is 6.94. The first-order valence-electron chi connectivity index (χ1n) is 19.7. The number of carbonyl (C=O) groups excluding carboxylic acids is 3. The van der Waals surface area contributed by atoms with Crippen LogP contribution in [0.25, 0.3) is 10.9 Å². The summed E-state index contributed by atoms with van der Waals surface area (Å²) in [6, 6.07) is 12.9. The number of thiol groups is 1. The van der Waals surface area contributed by atoms with Gasteiger partial charge in [0.05, 0.1) is 30.4 Å². The number of para-hydroxylation sites is 1. The van der Waals surface area contributed by atoms with Gasteiger partial charge >= 0.3 is 0 Å². The highest BCUT2D eigenvalue weighted by atomic mass is 35.5. The average Bonchev–Trinajstić information content (AvgIpc) is 3.63. The number of aromatic nitrogens is 1. The third-order valence-electron chi connectivity index (χ3n) is 9.73. The van der Waals surface area contributed by atoms with Crippen LogP contribution in [0.1, 0.15) is 63.5 Å². The van der Waals surface area contributed by atoms with Crippen LogP contribution in [-0.2, 0) is 32.1 Å². The lowest BCUT2D eigenvalue weighted by Crippen LogP contribution is -2.57. The number of allylic oxidation sites excluding steroid dienone is 2. The lowest BCUT2D eigenvalue weighted by atomic mass is 10.0. The molecule has 0 aliphatic carbocycles. The van der Waals surface area contributed by atoms with Crippen molar-refractivity contribution in [3.63, 3.8) is 0 Å². The van der Waals surface area contributed by atoms with Gasteiger partial charge in [0.2, 0.25) is 17.7 Å². The maximum absolute atomic E-state index is 14.6. The smallest absolute Gasteiger partial charge is 0.245 e. The quantitative estimate of drug-likeness (QED) is 0.0275. The number of halogens is 1. The van der Waals surface area contributed by atoms with Gasteiger partial charge in [-0.05, 0) is 87.9 Å². The number of nitrogens with two attached hydrogens (primary N) is 2. The van der Waals surface area contributed by atoms with Crippen LogP contribution < -0.4 is 27.4 Å². The Bertz CT molecular complexity index is 1830. The molecule has 0 bridgehead atoms. The Labute approximate surface area is 348 Å². The van der Waals surface area contributed by atoms with E-state index in [9.17, 15) is 14.4 Å². The molecule has 2 aromatic carbocycles. The molecule has 1 heterocycles. The lowest BCUT2D eigenvalue weighted by molar-refractivity contribution is -0.142.